The number of hydrogen-bond donors (Lipinski definition) is 0. The predicted octanol–water partition coefficient (Wildman–Crippen LogP) is 7.27. The van der Waals surface area contributed by atoms with Crippen LogP contribution >= 0.6 is 0 Å². The van der Waals surface area contributed by atoms with E-state index in [1.54, 1.807) is 0 Å². The van der Waals surface area contributed by atoms with Crippen molar-refractivity contribution in [2.24, 2.45) is 0 Å². The van der Waals surface area contributed by atoms with Crippen molar-refractivity contribution in [2.75, 3.05) is 0 Å². The van der Waals surface area contributed by atoms with Crippen molar-refractivity contribution in [3.63, 3.8) is 0 Å². The first kappa shape index (κ1) is 18.3. The molecule has 0 bridgehead atoms. The van der Waals surface area contributed by atoms with Gasteiger partial charge in [0.15, 0.2) is 0 Å². The van der Waals surface area contributed by atoms with E-state index in [0.717, 1.165) is 33.2 Å². The molecule has 1 aliphatic rings. The molecule has 0 amide bonds. The van der Waals surface area contributed by atoms with Crippen LogP contribution in [0, 0.1) is 20.8 Å². The highest BCUT2D eigenvalue weighted by Gasteiger charge is 2.38. The van der Waals surface area contributed by atoms with Crippen LogP contribution in [0.5, 0.6) is 0 Å². The Morgan fingerprint density at radius 3 is 2.26 bits per heavy atom. The average Bonchev–Trinajstić information content (AvgIpc) is 3.23. The van der Waals surface area contributed by atoms with E-state index in [4.69, 9.17) is 9.40 Å². The van der Waals surface area contributed by atoms with Gasteiger partial charge >= 0.3 is 0 Å². The van der Waals surface area contributed by atoms with Crippen LogP contribution < -0.4 is 0 Å². The van der Waals surface area contributed by atoms with Gasteiger partial charge in [-0.25, -0.2) is 0 Å². The minimum Gasteiger partial charge on any atom is -0.455 e. The van der Waals surface area contributed by atoms with Crippen LogP contribution in [0.15, 0.2) is 59.4 Å². The molecule has 0 saturated heterocycles. The highest BCUT2D eigenvalue weighted by atomic mass is 16.3. The Morgan fingerprint density at radius 2 is 1.48 bits per heavy atom. The summed E-state index contributed by atoms with van der Waals surface area (Å²) < 4.78 is 6.72. The summed E-state index contributed by atoms with van der Waals surface area (Å²) in [5.74, 6) is 0. The Bertz CT molecular complexity index is 1540. The molecule has 0 saturated carbocycles. The number of fused-ring (bicyclic) bond motifs is 7. The number of benzene rings is 2. The fourth-order valence-corrected chi connectivity index (χ4v) is 5.13. The van der Waals surface area contributed by atoms with Gasteiger partial charge in [-0.2, -0.15) is 0 Å². The fraction of sp³-hybridized carbons (Fsp3) is 0.214. The van der Waals surface area contributed by atoms with Crippen LogP contribution in [0.25, 0.3) is 44.3 Å². The SMILES string of the molecule is Cc1cnc(-c2c(C)ccc3c2oc2c4c(ccc23)C(C)(C)c2cnccc2-4)cc1C. The first-order chi connectivity index (χ1) is 14.9. The monoisotopic (exact) mass is 404 g/mol. The summed E-state index contributed by atoms with van der Waals surface area (Å²) in [6.07, 6.45) is 5.83. The van der Waals surface area contributed by atoms with Gasteiger partial charge in [0.05, 0.1) is 5.69 Å². The van der Waals surface area contributed by atoms with Crippen molar-refractivity contribution < 1.29 is 4.42 Å². The Hall–Kier alpha value is -3.46. The minimum absolute atomic E-state index is 0.0968. The van der Waals surface area contributed by atoms with Gasteiger partial charge in [-0.1, -0.05) is 38.1 Å². The average molecular weight is 405 g/mol. The molecule has 0 N–H and O–H groups in total. The zero-order valence-electron chi connectivity index (χ0n) is 18.5. The summed E-state index contributed by atoms with van der Waals surface area (Å²) in [6, 6.07) is 13.1. The van der Waals surface area contributed by atoms with Gasteiger partial charge in [0, 0.05) is 45.9 Å². The number of furan rings is 1. The summed E-state index contributed by atoms with van der Waals surface area (Å²) in [5, 5.41) is 2.29. The number of nitrogens with zero attached hydrogens (tertiary/aromatic N) is 2. The predicted molar refractivity (Wildman–Crippen MR) is 127 cm³/mol. The van der Waals surface area contributed by atoms with Crippen LogP contribution in [0.4, 0.5) is 0 Å². The molecule has 0 spiro atoms. The van der Waals surface area contributed by atoms with Crippen LogP contribution in [0.1, 0.15) is 41.7 Å². The maximum Gasteiger partial charge on any atom is 0.145 e. The van der Waals surface area contributed by atoms with Crippen molar-refractivity contribution in [1.82, 2.24) is 9.97 Å². The van der Waals surface area contributed by atoms with Crippen molar-refractivity contribution in [2.45, 2.75) is 40.0 Å². The van der Waals surface area contributed by atoms with Crippen molar-refractivity contribution in [3.05, 3.63) is 82.8 Å². The summed E-state index contributed by atoms with van der Waals surface area (Å²) in [4.78, 5) is 9.15. The highest BCUT2D eigenvalue weighted by molar-refractivity contribution is 6.14. The van der Waals surface area contributed by atoms with E-state index < -0.39 is 0 Å². The lowest BCUT2D eigenvalue weighted by Gasteiger charge is -2.20. The Labute approximate surface area is 181 Å². The molecule has 3 aromatic heterocycles. The molecule has 0 radical (unpaired) electrons. The second-order valence-electron chi connectivity index (χ2n) is 9.30. The molecule has 0 atom stereocenters. The van der Waals surface area contributed by atoms with Gasteiger partial charge in [0.1, 0.15) is 11.2 Å². The van der Waals surface area contributed by atoms with E-state index >= 15 is 0 Å². The minimum atomic E-state index is -0.0968. The summed E-state index contributed by atoms with van der Waals surface area (Å²) in [7, 11) is 0. The highest BCUT2D eigenvalue weighted by Crippen LogP contribution is 2.52. The smallest absolute Gasteiger partial charge is 0.145 e. The lowest BCUT2D eigenvalue weighted by molar-refractivity contribution is 0.651. The van der Waals surface area contributed by atoms with Gasteiger partial charge in [-0.15, -0.1) is 0 Å². The second kappa shape index (κ2) is 6.04. The van der Waals surface area contributed by atoms with E-state index in [9.17, 15) is 0 Å². The van der Waals surface area contributed by atoms with Crippen molar-refractivity contribution in [1.29, 1.82) is 0 Å². The first-order valence-corrected chi connectivity index (χ1v) is 10.8. The number of pyridine rings is 2. The molecule has 3 heteroatoms. The molecule has 31 heavy (non-hydrogen) atoms. The molecule has 1 aliphatic carbocycles. The molecule has 0 fully saturated rings. The van der Waals surface area contributed by atoms with E-state index in [0.29, 0.717) is 0 Å². The lowest BCUT2D eigenvalue weighted by atomic mass is 9.83. The molecule has 6 rings (SSSR count). The fourth-order valence-electron chi connectivity index (χ4n) is 5.13. The third kappa shape index (κ3) is 2.35. The first-order valence-electron chi connectivity index (χ1n) is 10.8. The standard InChI is InChI=1S/C28H24N2O/c1-15-6-7-18-19-8-9-21-25(20-10-11-29-14-22(20)28(21,4)5)27(19)31-26(18)24(15)23-12-16(2)17(3)13-30-23/h6-14H,1-5H3. The van der Waals surface area contributed by atoms with E-state index in [1.807, 2.05) is 18.6 Å². The molecule has 0 unspecified atom stereocenters. The number of aromatic nitrogens is 2. The second-order valence-corrected chi connectivity index (χ2v) is 9.30. The normalized spacial score (nSPS) is 14.2. The zero-order valence-corrected chi connectivity index (χ0v) is 18.5. The zero-order chi connectivity index (χ0) is 21.5. The van der Waals surface area contributed by atoms with Gasteiger partial charge < -0.3 is 4.42 Å². The summed E-state index contributed by atoms with van der Waals surface area (Å²) >= 11 is 0. The molecule has 152 valence electrons. The maximum absolute atomic E-state index is 6.72. The van der Waals surface area contributed by atoms with Crippen LogP contribution in [-0.2, 0) is 5.41 Å². The van der Waals surface area contributed by atoms with Gasteiger partial charge in [-0.05, 0) is 66.3 Å². The largest absolute Gasteiger partial charge is 0.455 e. The molecule has 5 aromatic rings. The molecule has 3 heterocycles. The van der Waals surface area contributed by atoms with Crippen molar-refractivity contribution >= 4 is 21.9 Å². The van der Waals surface area contributed by atoms with E-state index in [1.165, 1.54) is 38.9 Å². The van der Waals surface area contributed by atoms with E-state index in [2.05, 4.69) is 76.0 Å². The maximum atomic E-state index is 6.72. The van der Waals surface area contributed by atoms with Gasteiger partial charge in [-0.3, -0.25) is 9.97 Å². The Kier molecular flexibility index (Phi) is 3.57. The lowest BCUT2D eigenvalue weighted by Crippen LogP contribution is -2.14. The van der Waals surface area contributed by atoms with Crippen LogP contribution in [-0.4, -0.2) is 9.97 Å². The molecular formula is C28H24N2O. The number of hydrogen-bond acceptors (Lipinski definition) is 3. The Balaban J connectivity index is 1.74. The molecule has 0 aliphatic heterocycles. The van der Waals surface area contributed by atoms with E-state index in [-0.39, 0.29) is 5.41 Å². The molecule has 2 aromatic carbocycles. The third-order valence-corrected chi connectivity index (χ3v) is 7.08. The Morgan fingerprint density at radius 1 is 0.742 bits per heavy atom. The topological polar surface area (TPSA) is 38.9 Å². The number of aryl methyl sites for hydroxylation is 3. The quantitative estimate of drug-likeness (QED) is 0.295. The van der Waals surface area contributed by atoms with Gasteiger partial charge in [0.25, 0.3) is 0 Å². The third-order valence-electron chi connectivity index (χ3n) is 7.08. The van der Waals surface area contributed by atoms with Gasteiger partial charge in [0.2, 0.25) is 0 Å². The molecular weight excluding hydrogens is 380 g/mol. The summed E-state index contributed by atoms with van der Waals surface area (Å²) in [6.45, 7) is 10.9. The number of rotatable bonds is 1. The van der Waals surface area contributed by atoms with Crippen molar-refractivity contribution in [3.8, 4) is 22.4 Å². The summed E-state index contributed by atoms with van der Waals surface area (Å²) in [5.41, 5.74) is 12.4. The van der Waals surface area contributed by atoms with Crippen LogP contribution in [0.2, 0.25) is 0 Å². The van der Waals surface area contributed by atoms with Crippen LogP contribution in [0.3, 0.4) is 0 Å². The molecule has 3 nitrogen and oxygen atoms in total.